The van der Waals surface area contributed by atoms with Crippen LogP contribution in [-0.4, -0.2) is 12.8 Å². The molecule has 0 spiro atoms. The van der Waals surface area contributed by atoms with Crippen LogP contribution in [-0.2, 0) is 0 Å². The molecule has 0 heterocycles. The fourth-order valence-electron chi connectivity index (χ4n) is 1.22. The van der Waals surface area contributed by atoms with Gasteiger partial charge in [0.05, 0.1) is 0 Å². The average molecular weight is 209 g/mol. The molecule has 1 nitrogen and oxygen atoms in total. The van der Waals surface area contributed by atoms with Crippen LogP contribution in [0, 0.1) is 5.92 Å². The number of hydrogen-bond donors (Lipinski definition) is 1. The lowest BCUT2D eigenvalue weighted by Crippen LogP contribution is -2.10. The monoisotopic (exact) mass is 209 g/mol. The molecular weight excluding hydrogens is 190 g/mol. The van der Waals surface area contributed by atoms with E-state index in [1.807, 2.05) is 0 Å². The zero-order valence-corrected chi connectivity index (χ0v) is 10.0. The maximum Gasteiger partial charge on any atom is 0.0478 e. The van der Waals surface area contributed by atoms with Crippen molar-refractivity contribution >= 4 is 17.4 Å². The highest BCUT2D eigenvalue weighted by molar-refractivity contribution is 7.98. The Morgan fingerprint density at radius 3 is 2.71 bits per heavy atom. The van der Waals surface area contributed by atoms with Crippen molar-refractivity contribution in [2.75, 3.05) is 18.1 Å². The van der Waals surface area contributed by atoms with Gasteiger partial charge < -0.3 is 5.32 Å². The van der Waals surface area contributed by atoms with Crippen LogP contribution in [0.25, 0.3) is 0 Å². The zero-order chi connectivity index (χ0) is 10.4. The molecule has 0 aromatic heterocycles. The molecule has 0 saturated heterocycles. The third-order valence-electron chi connectivity index (χ3n) is 2.44. The van der Waals surface area contributed by atoms with E-state index in [4.69, 9.17) is 0 Å². The van der Waals surface area contributed by atoms with Gasteiger partial charge in [0.2, 0.25) is 0 Å². The lowest BCUT2D eigenvalue weighted by Gasteiger charge is -2.13. The fraction of sp³-hybridized carbons (Fsp3) is 0.500. The first-order chi connectivity index (χ1) is 6.77. The molecule has 0 unspecified atom stereocenters. The van der Waals surface area contributed by atoms with Crippen LogP contribution in [0.3, 0.4) is 0 Å². The fourth-order valence-corrected chi connectivity index (χ4v) is 1.79. The summed E-state index contributed by atoms with van der Waals surface area (Å²) in [6.45, 7) is 5.57. The molecule has 1 atom stereocenters. The molecule has 78 valence electrons. The molecule has 0 amide bonds. The van der Waals surface area contributed by atoms with E-state index in [1.165, 1.54) is 17.0 Å². The van der Waals surface area contributed by atoms with E-state index in [1.54, 1.807) is 11.8 Å². The Morgan fingerprint density at radius 1 is 1.36 bits per heavy atom. The Balaban J connectivity index is 2.57. The summed E-state index contributed by atoms with van der Waals surface area (Å²) in [5.41, 5.74) is 1.26. The molecule has 1 N–H and O–H groups in total. The Morgan fingerprint density at radius 2 is 2.07 bits per heavy atom. The summed E-state index contributed by atoms with van der Waals surface area (Å²) in [5, 5.41) is 3.49. The molecule has 2 heteroatoms. The van der Waals surface area contributed by atoms with Gasteiger partial charge in [-0.25, -0.2) is 0 Å². The van der Waals surface area contributed by atoms with Crippen molar-refractivity contribution in [1.82, 2.24) is 0 Å². The molecule has 0 fully saturated rings. The van der Waals surface area contributed by atoms with E-state index in [9.17, 15) is 0 Å². The zero-order valence-electron chi connectivity index (χ0n) is 9.21. The van der Waals surface area contributed by atoms with Gasteiger partial charge in [-0.1, -0.05) is 32.4 Å². The summed E-state index contributed by atoms with van der Waals surface area (Å²) in [6.07, 6.45) is 3.35. The van der Waals surface area contributed by atoms with Gasteiger partial charge in [0.25, 0.3) is 0 Å². The van der Waals surface area contributed by atoms with Crippen LogP contribution in [0.15, 0.2) is 29.2 Å². The van der Waals surface area contributed by atoms with Crippen molar-refractivity contribution in [3.8, 4) is 0 Å². The van der Waals surface area contributed by atoms with Crippen LogP contribution in [0.1, 0.15) is 20.3 Å². The summed E-state index contributed by atoms with van der Waals surface area (Å²) in [5.74, 6) is 0.741. The van der Waals surface area contributed by atoms with Crippen molar-refractivity contribution < 1.29 is 0 Å². The van der Waals surface area contributed by atoms with Gasteiger partial charge in [-0.3, -0.25) is 0 Å². The second kappa shape index (κ2) is 5.97. The first kappa shape index (κ1) is 11.4. The summed E-state index contributed by atoms with van der Waals surface area (Å²) in [4.78, 5) is 1.33. The van der Waals surface area contributed by atoms with Crippen molar-refractivity contribution in [3.63, 3.8) is 0 Å². The van der Waals surface area contributed by atoms with Crippen LogP contribution in [0.5, 0.6) is 0 Å². The maximum absolute atomic E-state index is 3.49. The largest absolute Gasteiger partial charge is 0.384 e. The molecule has 0 radical (unpaired) electrons. The lowest BCUT2D eigenvalue weighted by atomic mass is 10.1. The third kappa shape index (κ3) is 3.26. The minimum Gasteiger partial charge on any atom is -0.384 e. The first-order valence-corrected chi connectivity index (χ1v) is 6.37. The molecule has 0 aliphatic rings. The molecule has 0 bridgehead atoms. The first-order valence-electron chi connectivity index (χ1n) is 5.14. The summed E-state index contributed by atoms with van der Waals surface area (Å²) >= 11 is 1.79. The van der Waals surface area contributed by atoms with Gasteiger partial charge in [-0.2, -0.15) is 0 Å². The Hall–Kier alpha value is -0.630. The summed E-state index contributed by atoms with van der Waals surface area (Å²) < 4.78 is 0. The minimum atomic E-state index is 0.741. The Bertz CT molecular complexity index is 273. The SMILES string of the molecule is CC[C@H](C)CNc1ccccc1SC. The van der Waals surface area contributed by atoms with Crippen molar-refractivity contribution in [2.24, 2.45) is 5.92 Å². The predicted molar refractivity (Wildman–Crippen MR) is 66.2 cm³/mol. The van der Waals surface area contributed by atoms with Crippen LogP contribution in [0.4, 0.5) is 5.69 Å². The van der Waals surface area contributed by atoms with Crippen LogP contribution < -0.4 is 5.32 Å². The number of hydrogen-bond acceptors (Lipinski definition) is 2. The van der Waals surface area contributed by atoms with E-state index in [-0.39, 0.29) is 0 Å². The van der Waals surface area contributed by atoms with Crippen molar-refractivity contribution in [3.05, 3.63) is 24.3 Å². The average Bonchev–Trinajstić information content (AvgIpc) is 2.26. The predicted octanol–water partition coefficient (Wildman–Crippen LogP) is 3.87. The lowest BCUT2D eigenvalue weighted by molar-refractivity contribution is 0.593. The number of thioether (sulfide) groups is 1. The number of para-hydroxylation sites is 1. The van der Waals surface area contributed by atoms with Gasteiger partial charge in [-0.15, -0.1) is 11.8 Å². The molecule has 0 aliphatic carbocycles. The van der Waals surface area contributed by atoms with Gasteiger partial charge in [0, 0.05) is 17.1 Å². The van der Waals surface area contributed by atoms with Gasteiger partial charge >= 0.3 is 0 Å². The van der Waals surface area contributed by atoms with Gasteiger partial charge in [0.15, 0.2) is 0 Å². The highest BCUT2D eigenvalue weighted by Crippen LogP contribution is 2.24. The minimum absolute atomic E-state index is 0.741. The van der Waals surface area contributed by atoms with Gasteiger partial charge in [0.1, 0.15) is 0 Å². The Labute approximate surface area is 91.3 Å². The molecule has 1 aromatic carbocycles. The van der Waals surface area contributed by atoms with E-state index >= 15 is 0 Å². The molecule has 14 heavy (non-hydrogen) atoms. The number of anilines is 1. The summed E-state index contributed by atoms with van der Waals surface area (Å²) in [7, 11) is 0. The molecule has 0 aliphatic heterocycles. The normalized spacial score (nSPS) is 12.5. The maximum atomic E-state index is 3.49. The highest BCUT2D eigenvalue weighted by Gasteiger charge is 2.01. The molecule has 0 saturated carbocycles. The number of nitrogens with one attached hydrogen (secondary N) is 1. The second-order valence-corrected chi connectivity index (χ2v) is 4.44. The van der Waals surface area contributed by atoms with E-state index in [2.05, 4.69) is 49.7 Å². The van der Waals surface area contributed by atoms with Crippen molar-refractivity contribution in [1.29, 1.82) is 0 Å². The van der Waals surface area contributed by atoms with Crippen LogP contribution in [0.2, 0.25) is 0 Å². The Kier molecular flexibility index (Phi) is 4.88. The number of benzene rings is 1. The van der Waals surface area contributed by atoms with Crippen LogP contribution >= 0.6 is 11.8 Å². The van der Waals surface area contributed by atoms with E-state index < -0.39 is 0 Å². The quantitative estimate of drug-likeness (QED) is 0.739. The molecule has 1 aromatic rings. The smallest absolute Gasteiger partial charge is 0.0478 e. The van der Waals surface area contributed by atoms with E-state index in [0.29, 0.717) is 0 Å². The van der Waals surface area contributed by atoms with Crippen molar-refractivity contribution in [2.45, 2.75) is 25.2 Å². The number of rotatable bonds is 5. The highest BCUT2D eigenvalue weighted by atomic mass is 32.2. The molecule has 1 rings (SSSR count). The van der Waals surface area contributed by atoms with E-state index in [0.717, 1.165) is 12.5 Å². The summed E-state index contributed by atoms with van der Waals surface area (Å²) in [6, 6.07) is 8.47. The third-order valence-corrected chi connectivity index (χ3v) is 3.24. The second-order valence-electron chi connectivity index (χ2n) is 3.59. The molecular formula is C12H19NS. The standard InChI is InChI=1S/C12H19NS/c1-4-10(2)9-13-11-7-5-6-8-12(11)14-3/h5-8,10,13H,4,9H2,1-3H3/t10-/m0/s1. The van der Waals surface area contributed by atoms with Gasteiger partial charge in [-0.05, 0) is 24.3 Å². The topological polar surface area (TPSA) is 12.0 Å².